The largest absolute Gasteiger partial charge is 0.370 e. The molecule has 5 heteroatoms. The lowest BCUT2D eigenvalue weighted by Gasteiger charge is -2.11. The van der Waals surface area contributed by atoms with Crippen LogP contribution in [0.3, 0.4) is 0 Å². The number of aromatic nitrogens is 2. The van der Waals surface area contributed by atoms with Crippen molar-refractivity contribution >= 4 is 11.8 Å². The van der Waals surface area contributed by atoms with Gasteiger partial charge in [0, 0.05) is 24.2 Å². The van der Waals surface area contributed by atoms with Gasteiger partial charge in [-0.2, -0.15) is 4.98 Å². The summed E-state index contributed by atoms with van der Waals surface area (Å²) in [6.45, 7) is 0.606. The molecule has 0 bridgehead atoms. The zero-order valence-electron chi connectivity index (χ0n) is 14.5. The molecule has 4 nitrogen and oxygen atoms in total. The fourth-order valence-electron chi connectivity index (χ4n) is 2.80. The maximum Gasteiger partial charge on any atom is 0.225 e. The van der Waals surface area contributed by atoms with Gasteiger partial charge in [0.25, 0.3) is 0 Å². The van der Waals surface area contributed by atoms with Crippen LogP contribution in [0.2, 0.25) is 0 Å². The van der Waals surface area contributed by atoms with Crippen molar-refractivity contribution in [3.05, 3.63) is 72.0 Å². The van der Waals surface area contributed by atoms with Gasteiger partial charge in [0.1, 0.15) is 11.6 Å². The molecule has 132 valence electrons. The molecule has 2 N–H and O–H groups in total. The minimum Gasteiger partial charge on any atom is -0.370 e. The zero-order valence-corrected chi connectivity index (χ0v) is 14.5. The Morgan fingerprint density at radius 1 is 0.962 bits per heavy atom. The molecule has 26 heavy (non-hydrogen) atoms. The zero-order chi connectivity index (χ0) is 17.8. The number of halogens is 1. The van der Waals surface area contributed by atoms with Gasteiger partial charge in [-0.15, -0.1) is 0 Å². The number of nitrogens with zero attached hydrogens (tertiary/aromatic N) is 2. The van der Waals surface area contributed by atoms with Gasteiger partial charge >= 0.3 is 0 Å². The molecule has 0 atom stereocenters. The Balaban J connectivity index is 1.51. The SMILES string of the molecule is Fc1ccccc1CCNc1cc(-c2ccccc2)nc(NC2CC2)n1. The summed E-state index contributed by atoms with van der Waals surface area (Å²) in [7, 11) is 0. The van der Waals surface area contributed by atoms with Crippen molar-refractivity contribution in [2.75, 3.05) is 17.2 Å². The van der Waals surface area contributed by atoms with E-state index in [0.717, 1.165) is 29.9 Å². The predicted octanol–water partition coefficient (Wildman–Crippen LogP) is 4.51. The molecule has 1 saturated carbocycles. The molecule has 0 unspecified atom stereocenters. The Labute approximate surface area is 152 Å². The smallest absolute Gasteiger partial charge is 0.225 e. The number of rotatable bonds is 7. The monoisotopic (exact) mass is 348 g/mol. The van der Waals surface area contributed by atoms with Crippen LogP contribution in [0.5, 0.6) is 0 Å². The molecule has 1 heterocycles. The van der Waals surface area contributed by atoms with Crippen LogP contribution in [0.1, 0.15) is 18.4 Å². The molecular weight excluding hydrogens is 327 g/mol. The summed E-state index contributed by atoms with van der Waals surface area (Å²) in [5.74, 6) is 1.22. The highest BCUT2D eigenvalue weighted by Crippen LogP contribution is 2.26. The van der Waals surface area contributed by atoms with Crippen molar-refractivity contribution in [3.63, 3.8) is 0 Å². The lowest BCUT2D eigenvalue weighted by atomic mass is 10.1. The van der Waals surface area contributed by atoms with Gasteiger partial charge in [0.05, 0.1) is 5.69 Å². The van der Waals surface area contributed by atoms with Crippen LogP contribution in [-0.2, 0) is 6.42 Å². The third-order valence-corrected chi connectivity index (χ3v) is 4.36. The van der Waals surface area contributed by atoms with Gasteiger partial charge < -0.3 is 10.6 Å². The third-order valence-electron chi connectivity index (χ3n) is 4.36. The van der Waals surface area contributed by atoms with Gasteiger partial charge in [-0.3, -0.25) is 0 Å². The molecular formula is C21H21FN4. The fourth-order valence-corrected chi connectivity index (χ4v) is 2.80. The average Bonchev–Trinajstić information content (AvgIpc) is 3.48. The summed E-state index contributed by atoms with van der Waals surface area (Å²) in [6.07, 6.45) is 2.92. The lowest BCUT2D eigenvalue weighted by molar-refractivity contribution is 0.610. The van der Waals surface area contributed by atoms with Crippen LogP contribution in [0.4, 0.5) is 16.2 Å². The minimum atomic E-state index is -0.168. The number of nitrogens with one attached hydrogen (secondary N) is 2. The van der Waals surface area contributed by atoms with E-state index in [0.29, 0.717) is 30.5 Å². The van der Waals surface area contributed by atoms with E-state index in [4.69, 9.17) is 0 Å². The molecule has 0 amide bonds. The molecule has 1 aromatic heterocycles. The van der Waals surface area contributed by atoms with Crippen molar-refractivity contribution < 1.29 is 4.39 Å². The average molecular weight is 348 g/mol. The summed E-state index contributed by atoms with van der Waals surface area (Å²) in [5, 5.41) is 6.67. The molecule has 3 aromatic rings. The molecule has 2 aromatic carbocycles. The molecule has 1 fully saturated rings. The van der Waals surface area contributed by atoms with Crippen LogP contribution < -0.4 is 10.6 Å². The molecule has 1 aliphatic carbocycles. The van der Waals surface area contributed by atoms with Crippen LogP contribution in [-0.4, -0.2) is 22.6 Å². The molecule has 0 saturated heterocycles. The first kappa shape index (κ1) is 16.5. The van der Waals surface area contributed by atoms with Crippen molar-refractivity contribution in [1.29, 1.82) is 0 Å². The molecule has 0 aliphatic heterocycles. The van der Waals surface area contributed by atoms with Crippen molar-refractivity contribution in [2.45, 2.75) is 25.3 Å². The predicted molar refractivity (Wildman–Crippen MR) is 103 cm³/mol. The second-order valence-electron chi connectivity index (χ2n) is 6.51. The van der Waals surface area contributed by atoms with Gasteiger partial charge in [0.15, 0.2) is 0 Å². The van der Waals surface area contributed by atoms with Crippen LogP contribution in [0.15, 0.2) is 60.7 Å². The highest BCUT2D eigenvalue weighted by atomic mass is 19.1. The second-order valence-corrected chi connectivity index (χ2v) is 6.51. The van der Waals surface area contributed by atoms with Gasteiger partial charge in [-0.1, -0.05) is 48.5 Å². The topological polar surface area (TPSA) is 49.8 Å². The fraction of sp³-hybridized carbons (Fsp3) is 0.238. The first-order valence-electron chi connectivity index (χ1n) is 8.96. The molecule has 4 rings (SSSR count). The summed E-state index contributed by atoms with van der Waals surface area (Å²) >= 11 is 0. The Kier molecular flexibility index (Phi) is 4.78. The Morgan fingerprint density at radius 3 is 2.50 bits per heavy atom. The summed E-state index contributed by atoms with van der Waals surface area (Å²) in [6, 6.07) is 19.3. The normalized spacial score (nSPS) is 13.4. The van der Waals surface area contributed by atoms with E-state index in [2.05, 4.69) is 20.6 Å². The van der Waals surface area contributed by atoms with Gasteiger partial charge in [-0.25, -0.2) is 9.37 Å². The highest BCUT2D eigenvalue weighted by Gasteiger charge is 2.22. The van der Waals surface area contributed by atoms with E-state index in [-0.39, 0.29) is 5.82 Å². The Hall–Kier alpha value is -2.95. The summed E-state index contributed by atoms with van der Waals surface area (Å²) in [4.78, 5) is 9.21. The van der Waals surface area contributed by atoms with E-state index in [9.17, 15) is 4.39 Å². The van der Waals surface area contributed by atoms with Crippen LogP contribution in [0, 0.1) is 5.82 Å². The van der Waals surface area contributed by atoms with Crippen molar-refractivity contribution in [3.8, 4) is 11.3 Å². The highest BCUT2D eigenvalue weighted by molar-refractivity contribution is 5.64. The standard InChI is InChI=1S/C21H21FN4/c22-18-9-5-4-6-15(18)12-13-23-20-14-19(16-7-2-1-3-8-16)25-21(26-20)24-17-10-11-17/h1-9,14,17H,10-13H2,(H2,23,24,25,26). The number of anilines is 2. The lowest BCUT2D eigenvalue weighted by Crippen LogP contribution is -2.11. The van der Waals surface area contributed by atoms with E-state index in [1.54, 1.807) is 6.07 Å². The maximum absolute atomic E-state index is 13.8. The van der Waals surface area contributed by atoms with E-state index < -0.39 is 0 Å². The Bertz CT molecular complexity index is 878. The summed E-state index contributed by atoms with van der Waals surface area (Å²) in [5.41, 5.74) is 2.62. The van der Waals surface area contributed by atoms with Crippen LogP contribution >= 0.6 is 0 Å². The maximum atomic E-state index is 13.8. The van der Waals surface area contributed by atoms with Gasteiger partial charge in [0.2, 0.25) is 5.95 Å². The number of hydrogen-bond donors (Lipinski definition) is 2. The second kappa shape index (κ2) is 7.52. The molecule has 0 radical (unpaired) electrons. The van der Waals surface area contributed by atoms with Gasteiger partial charge in [-0.05, 0) is 30.9 Å². The van der Waals surface area contributed by atoms with Crippen molar-refractivity contribution in [1.82, 2.24) is 9.97 Å². The molecule has 0 spiro atoms. The van der Waals surface area contributed by atoms with E-state index in [1.807, 2.05) is 48.5 Å². The minimum absolute atomic E-state index is 0.168. The van der Waals surface area contributed by atoms with E-state index >= 15 is 0 Å². The molecule has 1 aliphatic rings. The first-order chi connectivity index (χ1) is 12.8. The first-order valence-corrected chi connectivity index (χ1v) is 8.96. The third kappa shape index (κ3) is 4.17. The van der Waals surface area contributed by atoms with Crippen molar-refractivity contribution in [2.24, 2.45) is 0 Å². The number of hydrogen-bond acceptors (Lipinski definition) is 4. The van der Waals surface area contributed by atoms with E-state index in [1.165, 1.54) is 6.07 Å². The number of benzene rings is 2. The summed E-state index contributed by atoms with van der Waals surface area (Å²) < 4.78 is 13.8. The van der Waals surface area contributed by atoms with Crippen LogP contribution in [0.25, 0.3) is 11.3 Å². The Morgan fingerprint density at radius 2 is 1.73 bits per heavy atom. The quantitative estimate of drug-likeness (QED) is 0.659.